The lowest BCUT2D eigenvalue weighted by atomic mass is 9.97. The summed E-state index contributed by atoms with van der Waals surface area (Å²) in [4.78, 5) is 6.51. The largest absolute Gasteiger partial charge is 0.378 e. The average Bonchev–Trinajstić information content (AvgIpc) is 2.97. The van der Waals surface area contributed by atoms with Gasteiger partial charge in [-0.2, -0.15) is 0 Å². The first-order valence-corrected chi connectivity index (χ1v) is 7.71. The Morgan fingerprint density at radius 1 is 1.29 bits per heavy atom. The molecule has 1 aliphatic rings. The van der Waals surface area contributed by atoms with Gasteiger partial charge in [-0.1, -0.05) is 6.07 Å². The maximum absolute atomic E-state index is 4.38. The molecular formula is C17H24N4. The van der Waals surface area contributed by atoms with Gasteiger partial charge >= 0.3 is 0 Å². The van der Waals surface area contributed by atoms with E-state index in [9.17, 15) is 0 Å². The van der Waals surface area contributed by atoms with Gasteiger partial charge in [0.05, 0.1) is 18.2 Å². The molecule has 21 heavy (non-hydrogen) atoms. The van der Waals surface area contributed by atoms with Crippen LogP contribution in [-0.4, -0.2) is 29.7 Å². The van der Waals surface area contributed by atoms with Crippen molar-refractivity contribution in [2.24, 2.45) is 0 Å². The van der Waals surface area contributed by atoms with Crippen LogP contribution in [0.2, 0.25) is 0 Å². The van der Waals surface area contributed by atoms with Gasteiger partial charge < -0.3 is 14.8 Å². The predicted octanol–water partition coefficient (Wildman–Crippen LogP) is 3.14. The summed E-state index contributed by atoms with van der Waals surface area (Å²) < 4.78 is 2.21. The van der Waals surface area contributed by atoms with Crippen molar-refractivity contribution in [2.45, 2.75) is 38.3 Å². The van der Waals surface area contributed by atoms with E-state index in [0.29, 0.717) is 12.1 Å². The molecule has 0 aliphatic carbocycles. The predicted molar refractivity (Wildman–Crippen MR) is 87.1 cm³/mol. The highest BCUT2D eigenvalue weighted by Gasteiger charge is 2.22. The third kappa shape index (κ3) is 2.95. The summed E-state index contributed by atoms with van der Waals surface area (Å²) in [6.45, 7) is 2.26. The minimum Gasteiger partial charge on any atom is -0.378 e. The van der Waals surface area contributed by atoms with Crippen LogP contribution >= 0.6 is 0 Å². The van der Waals surface area contributed by atoms with Crippen LogP contribution in [-0.2, 0) is 0 Å². The van der Waals surface area contributed by atoms with Crippen LogP contribution in [0, 0.1) is 0 Å². The fraction of sp³-hybridized carbons (Fsp3) is 0.471. The Morgan fingerprint density at radius 3 is 2.90 bits per heavy atom. The van der Waals surface area contributed by atoms with Crippen molar-refractivity contribution in [2.75, 3.05) is 19.0 Å². The van der Waals surface area contributed by atoms with E-state index in [0.717, 1.165) is 0 Å². The molecule has 0 amide bonds. The molecule has 4 heteroatoms. The molecule has 1 aliphatic heterocycles. The maximum Gasteiger partial charge on any atom is 0.0994 e. The van der Waals surface area contributed by atoms with Gasteiger partial charge in [-0.15, -0.1) is 0 Å². The molecule has 2 aromatic rings. The minimum absolute atomic E-state index is 0.402. The summed E-state index contributed by atoms with van der Waals surface area (Å²) in [5.41, 5.74) is 3.64. The van der Waals surface area contributed by atoms with E-state index in [1.807, 2.05) is 12.5 Å². The van der Waals surface area contributed by atoms with Crippen molar-refractivity contribution in [3.05, 3.63) is 42.5 Å². The van der Waals surface area contributed by atoms with Crippen LogP contribution < -0.4 is 10.2 Å². The zero-order chi connectivity index (χ0) is 14.8. The van der Waals surface area contributed by atoms with E-state index in [1.165, 1.54) is 36.3 Å². The minimum atomic E-state index is 0.402. The standard InChI is InChI=1S/C17H24N4/c1-13-6-4-9-16(19-13)17-11-18-12-21(17)15-8-5-7-14(10-15)20(2)3/h5,7-8,10-13,16,19H,4,6,9H2,1-3H3. The summed E-state index contributed by atoms with van der Waals surface area (Å²) >= 11 is 0. The van der Waals surface area contributed by atoms with Gasteiger partial charge in [0.1, 0.15) is 0 Å². The number of nitrogens with zero attached hydrogens (tertiary/aromatic N) is 3. The number of hydrogen-bond donors (Lipinski definition) is 1. The van der Waals surface area contributed by atoms with Crippen LogP contribution in [0.25, 0.3) is 5.69 Å². The Labute approximate surface area is 126 Å². The first kappa shape index (κ1) is 14.1. The van der Waals surface area contributed by atoms with Crippen molar-refractivity contribution in [1.29, 1.82) is 0 Å². The molecule has 1 fully saturated rings. The van der Waals surface area contributed by atoms with Gasteiger partial charge in [0.25, 0.3) is 0 Å². The molecule has 0 spiro atoms. The molecule has 0 bridgehead atoms. The fourth-order valence-corrected chi connectivity index (χ4v) is 3.07. The van der Waals surface area contributed by atoms with Crippen molar-refractivity contribution in [3.63, 3.8) is 0 Å². The number of imidazole rings is 1. The van der Waals surface area contributed by atoms with Crippen LogP contribution in [0.3, 0.4) is 0 Å². The van der Waals surface area contributed by atoms with E-state index in [2.05, 4.69) is 65.1 Å². The fourth-order valence-electron chi connectivity index (χ4n) is 3.07. The van der Waals surface area contributed by atoms with Crippen LogP contribution in [0.5, 0.6) is 0 Å². The summed E-state index contributed by atoms with van der Waals surface area (Å²) in [5, 5.41) is 3.69. The molecule has 2 unspecified atom stereocenters. The zero-order valence-electron chi connectivity index (χ0n) is 13.1. The number of piperidine rings is 1. The maximum atomic E-state index is 4.38. The molecule has 1 aromatic carbocycles. The lowest BCUT2D eigenvalue weighted by Gasteiger charge is -2.29. The van der Waals surface area contributed by atoms with E-state index in [-0.39, 0.29) is 0 Å². The highest BCUT2D eigenvalue weighted by atomic mass is 15.1. The number of nitrogens with one attached hydrogen (secondary N) is 1. The molecule has 2 atom stereocenters. The van der Waals surface area contributed by atoms with Crippen molar-refractivity contribution in [1.82, 2.24) is 14.9 Å². The van der Waals surface area contributed by atoms with Gasteiger partial charge in [0.15, 0.2) is 0 Å². The summed E-state index contributed by atoms with van der Waals surface area (Å²) in [7, 11) is 4.14. The second kappa shape index (κ2) is 5.90. The third-order valence-electron chi connectivity index (χ3n) is 4.26. The number of hydrogen-bond acceptors (Lipinski definition) is 3. The van der Waals surface area contributed by atoms with Crippen LogP contribution in [0.1, 0.15) is 37.9 Å². The smallest absolute Gasteiger partial charge is 0.0994 e. The Hall–Kier alpha value is -1.81. The molecular weight excluding hydrogens is 260 g/mol. The topological polar surface area (TPSA) is 33.1 Å². The second-order valence-corrected chi connectivity index (χ2v) is 6.15. The molecule has 1 saturated heterocycles. The average molecular weight is 284 g/mol. The van der Waals surface area contributed by atoms with E-state index >= 15 is 0 Å². The number of rotatable bonds is 3. The quantitative estimate of drug-likeness (QED) is 0.940. The second-order valence-electron chi connectivity index (χ2n) is 6.15. The molecule has 1 N–H and O–H groups in total. The highest BCUT2D eigenvalue weighted by Crippen LogP contribution is 2.28. The molecule has 0 saturated carbocycles. The van der Waals surface area contributed by atoms with Crippen molar-refractivity contribution in [3.8, 4) is 5.69 Å². The third-order valence-corrected chi connectivity index (χ3v) is 4.26. The summed E-state index contributed by atoms with van der Waals surface area (Å²) in [6, 6.07) is 9.56. The van der Waals surface area contributed by atoms with Gasteiger partial charge in [0, 0.05) is 37.6 Å². The Morgan fingerprint density at radius 2 is 2.14 bits per heavy atom. The zero-order valence-corrected chi connectivity index (χ0v) is 13.1. The first-order valence-electron chi connectivity index (χ1n) is 7.71. The Kier molecular flexibility index (Phi) is 3.97. The van der Waals surface area contributed by atoms with Gasteiger partial charge in [0.2, 0.25) is 0 Å². The van der Waals surface area contributed by atoms with Crippen molar-refractivity contribution >= 4 is 5.69 Å². The van der Waals surface area contributed by atoms with Crippen LogP contribution in [0.4, 0.5) is 5.69 Å². The van der Waals surface area contributed by atoms with E-state index < -0.39 is 0 Å². The van der Waals surface area contributed by atoms with Gasteiger partial charge in [-0.25, -0.2) is 4.98 Å². The molecule has 1 aromatic heterocycles. The number of aromatic nitrogens is 2. The molecule has 112 valence electrons. The molecule has 0 radical (unpaired) electrons. The summed E-state index contributed by atoms with van der Waals surface area (Å²) in [6.07, 6.45) is 7.65. The number of benzene rings is 1. The van der Waals surface area contributed by atoms with E-state index in [1.54, 1.807) is 0 Å². The lowest BCUT2D eigenvalue weighted by molar-refractivity contribution is 0.334. The SMILES string of the molecule is CC1CCCC(c2cncn2-c2cccc(N(C)C)c2)N1. The Bertz CT molecular complexity index is 602. The number of anilines is 1. The molecule has 3 rings (SSSR count). The monoisotopic (exact) mass is 284 g/mol. The normalized spacial score (nSPS) is 22.2. The molecule has 2 heterocycles. The molecule has 4 nitrogen and oxygen atoms in total. The van der Waals surface area contributed by atoms with Crippen LogP contribution in [0.15, 0.2) is 36.8 Å². The van der Waals surface area contributed by atoms with E-state index in [4.69, 9.17) is 0 Å². The Balaban J connectivity index is 1.93. The van der Waals surface area contributed by atoms with Gasteiger partial charge in [-0.05, 0) is 44.4 Å². The van der Waals surface area contributed by atoms with Crippen molar-refractivity contribution < 1.29 is 0 Å². The van der Waals surface area contributed by atoms with Gasteiger partial charge in [-0.3, -0.25) is 0 Å². The highest BCUT2D eigenvalue weighted by molar-refractivity contribution is 5.52. The summed E-state index contributed by atoms with van der Waals surface area (Å²) in [5.74, 6) is 0. The lowest BCUT2D eigenvalue weighted by Crippen LogP contribution is -2.35. The first-order chi connectivity index (χ1) is 10.1.